The second-order valence-corrected chi connectivity index (χ2v) is 12.5. The smallest absolute Gasteiger partial charge is 0.0641 e. The third-order valence-corrected chi connectivity index (χ3v) is 10.5. The van der Waals surface area contributed by atoms with Crippen LogP contribution in [0.4, 0.5) is 0 Å². The molecule has 0 aliphatic carbocycles. The highest BCUT2D eigenvalue weighted by atomic mass is 15.0. The van der Waals surface area contributed by atoms with Crippen LogP contribution in [0.15, 0.2) is 140 Å². The molecule has 0 atom stereocenters. The average molecular weight is 570 g/mol. The maximum atomic E-state index is 2.58. The third-order valence-electron chi connectivity index (χ3n) is 10.5. The van der Waals surface area contributed by atoms with Gasteiger partial charge in [0, 0.05) is 59.5 Å². The summed E-state index contributed by atoms with van der Waals surface area (Å²) in [5.41, 5.74) is 11.4. The van der Waals surface area contributed by atoms with E-state index in [0.717, 1.165) is 0 Å². The molecule has 7 aromatic carbocycles. The molecule has 3 heteroatoms. The number of fused-ring (bicyclic) bond motifs is 17. The highest BCUT2D eigenvalue weighted by Crippen LogP contribution is 2.50. The number of hydrogen-bond acceptors (Lipinski definition) is 0. The van der Waals surface area contributed by atoms with E-state index in [1.54, 1.807) is 0 Å². The summed E-state index contributed by atoms with van der Waals surface area (Å²) in [5.74, 6) is 0. The summed E-state index contributed by atoms with van der Waals surface area (Å²) in [5, 5.41) is 13.2. The van der Waals surface area contributed by atoms with Crippen LogP contribution < -0.4 is 0 Å². The minimum absolute atomic E-state index is 1.18. The second kappa shape index (κ2) is 7.53. The largest absolute Gasteiger partial charge is 0.309 e. The third kappa shape index (κ3) is 2.43. The summed E-state index contributed by atoms with van der Waals surface area (Å²) >= 11 is 0. The van der Waals surface area contributed by atoms with Crippen molar-refractivity contribution < 1.29 is 0 Å². The molecule has 12 rings (SSSR count). The van der Waals surface area contributed by atoms with Gasteiger partial charge in [0.25, 0.3) is 0 Å². The zero-order valence-corrected chi connectivity index (χ0v) is 24.1. The summed E-state index contributed by atoms with van der Waals surface area (Å²) in [6.45, 7) is 0. The first kappa shape index (κ1) is 22.5. The van der Waals surface area contributed by atoms with E-state index in [0.29, 0.717) is 0 Å². The van der Waals surface area contributed by atoms with Crippen molar-refractivity contribution in [1.82, 2.24) is 13.4 Å². The van der Waals surface area contributed by atoms with Crippen LogP contribution >= 0.6 is 0 Å². The predicted molar refractivity (Wildman–Crippen MR) is 190 cm³/mol. The highest BCUT2D eigenvalue weighted by Gasteiger charge is 2.27. The van der Waals surface area contributed by atoms with Gasteiger partial charge in [0.15, 0.2) is 0 Å². The Balaban J connectivity index is 1.41. The summed E-state index contributed by atoms with van der Waals surface area (Å²) < 4.78 is 7.52. The van der Waals surface area contributed by atoms with E-state index in [1.807, 2.05) is 0 Å². The normalized spacial score (nSPS) is 12.9. The molecule has 0 radical (unpaired) electrons. The summed E-state index contributed by atoms with van der Waals surface area (Å²) in [7, 11) is 0. The van der Waals surface area contributed by atoms with E-state index >= 15 is 0 Å². The Kier molecular flexibility index (Phi) is 3.76. The van der Waals surface area contributed by atoms with Crippen LogP contribution in [0.25, 0.3) is 104 Å². The Morgan fingerprint density at radius 1 is 0.289 bits per heavy atom. The first-order valence-electron chi connectivity index (χ1n) is 15.6. The molecule has 0 spiro atoms. The predicted octanol–water partition coefficient (Wildman–Crippen LogP) is 11.1. The van der Waals surface area contributed by atoms with Crippen LogP contribution in [0.3, 0.4) is 0 Å². The van der Waals surface area contributed by atoms with E-state index < -0.39 is 0 Å². The fourth-order valence-electron chi connectivity index (χ4n) is 8.86. The molecular formula is C42H23N3. The van der Waals surface area contributed by atoms with Crippen LogP contribution in [-0.4, -0.2) is 13.4 Å². The first-order valence-corrected chi connectivity index (χ1v) is 15.6. The number of nitrogens with zero attached hydrogens (tertiary/aromatic N) is 3. The zero-order chi connectivity index (χ0) is 29.0. The summed E-state index contributed by atoms with van der Waals surface area (Å²) in [6.07, 6.45) is 0. The summed E-state index contributed by atoms with van der Waals surface area (Å²) in [6, 6.07) is 51.6. The molecular weight excluding hydrogens is 546 g/mol. The molecule has 0 amide bonds. The van der Waals surface area contributed by atoms with Gasteiger partial charge < -0.3 is 13.4 Å². The maximum absolute atomic E-state index is 2.58. The lowest BCUT2D eigenvalue weighted by atomic mass is 10.0. The van der Waals surface area contributed by atoms with Gasteiger partial charge in [0.1, 0.15) is 0 Å². The molecule has 0 saturated carbocycles. The number of benzene rings is 7. The number of aromatic nitrogens is 3. The minimum Gasteiger partial charge on any atom is -0.309 e. The lowest BCUT2D eigenvalue weighted by molar-refractivity contribution is 1.18. The minimum atomic E-state index is 1.18. The number of hydrogen-bond donors (Lipinski definition) is 0. The molecule has 0 fully saturated rings. The van der Waals surface area contributed by atoms with Crippen LogP contribution in [-0.2, 0) is 0 Å². The Morgan fingerprint density at radius 3 is 1.71 bits per heavy atom. The molecule has 12 aromatic rings. The molecule has 5 heterocycles. The molecule has 0 N–H and O–H groups in total. The molecule has 0 aliphatic heterocycles. The van der Waals surface area contributed by atoms with Crippen molar-refractivity contribution in [2.75, 3.05) is 0 Å². The fraction of sp³-hybridized carbons (Fsp3) is 0. The van der Waals surface area contributed by atoms with Gasteiger partial charge in [-0.3, -0.25) is 0 Å². The van der Waals surface area contributed by atoms with Crippen LogP contribution in [0.5, 0.6) is 0 Å². The number of rotatable bonds is 1. The number of para-hydroxylation sites is 5. The van der Waals surface area contributed by atoms with E-state index in [2.05, 4.69) is 153 Å². The first-order chi connectivity index (χ1) is 22.4. The fourth-order valence-corrected chi connectivity index (χ4v) is 8.86. The van der Waals surface area contributed by atoms with Crippen molar-refractivity contribution in [2.24, 2.45) is 0 Å². The lowest BCUT2D eigenvalue weighted by Gasteiger charge is -2.07. The standard InChI is InChI=1S/C42H23N3/c1-2-11-24(12-3-1)43-33-19-8-5-14-28(33)38-35(43)22-21-27-31-23-36-37(39-29-15-6-9-20-34(29)45(41(27)38)42(31)39)30-17-10-16-26-25-13-4-7-18-32(25)44(36)40(26)30/h1-23H. The molecule has 206 valence electrons. The Labute approximate surface area is 256 Å². The van der Waals surface area contributed by atoms with E-state index in [-0.39, 0.29) is 0 Å². The topological polar surface area (TPSA) is 13.8 Å². The van der Waals surface area contributed by atoms with Crippen molar-refractivity contribution in [2.45, 2.75) is 0 Å². The van der Waals surface area contributed by atoms with Gasteiger partial charge in [0.2, 0.25) is 0 Å². The molecule has 0 bridgehead atoms. The van der Waals surface area contributed by atoms with E-state index in [1.165, 1.54) is 104 Å². The van der Waals surface area contributed by atoms with Crippen molar-refractivity contribution in [3.63, 3.8) is 0 Å². The van der Waals surface area contributed by atoms with Gasteiger partial charge in [0.05, 0.1) is 44.1 Å². The van der Waals surface area contributed by atoms with Crippen LogP contribution in [0.1, 0.15) is 0 Å². The van der Waals surface area contributed by atoms with Gasteiger partial charge in [-0.2, -0.15) is 0 Å². The molecule has 3 nitrogen and oxygen atoms in total. The SMILES string of the molecule is c1ccc(-n2c3ccccc3c3c2ccc2c4cc5c(c6cccc7c8ccccc8n5c76)c5c6ccccc6n(c45)c23)cc1. The van der Waals surface area contributed by atoms with Gasteiger partial charge in [-0.05, 0) is 42.5 Å². The van der Waals surface area contributed by atoms with Gasteiger partial charge in [-0.15, -0.1) is 0 Å². The maximum Gasteiger partial charge on any atom is 0.0641 e. The van der Waals surface area contributed by atoms with Crippen LogP contribution in [0, 0.1) is 0 Å². The second-order valence-electron chi connectivity index (χ2n) is 12.5. The van der Waals surface area contributed by atoms with Crippen molar-refractivity contribution in [3.8, 4) is 5.69 Å². The van der Waals surface area contributed by atoms with E-state index in [4.69, 9.17) is 0 Å². The molecule has 0 aliphatic rings. The Bertz CT molecular complexity index is 3190. The van der Waals surface area contributed by atoms with Crippen molar-refractivity contribution >= 4 is 98.0 Å². The molecule has 45 heavy (non-hydrogen) atoms. The van der Waals surface area contributed by atoms with Gasteiger partial charge >= 0.3 is 0 Å². The average Bonchev–Trinajstić information content (AvgIpc) is 3.88. The monoisotopic (exact) mass is 569 g/mol. The molecule has 5 aromatic heterocycles. The summed E-state index contributed by atoms with van der Waals surface area (Å²) in [4.78, 5) is 0. The Hall–Kier alpha value is -6.06. The molecule has 0 saturated heterocycles. The Morgan fingerprint density at radius 2 is 0.889 bits per heavy atom. The quantitative estimate of drug-likeness (QED) is 0.187. The molecule has 0 unspecified atom stereocenters. The van der Waals surface area contributed by atoms with Crippen molar-refractivity contribution in [3.05, 3.63) is 140 Å². The zero-order valence-electron chi connectivity index (χ0n) is 24.1. The van der Waals surface area contributed by atoms with Crippen LogP contribution in [0.2, 0.25) is 0 Å². The van der Waals surface area contributed by atoms with Gasteiger partial charge in [-0.25, -0.2) is 0 Å². The highest BCUT2D eigenvalue weighted by molar-refractivity contribution is 6.39. The van der Waals surface area contributed by atoms with Gasteiger partial charge in [-0.1, -0.05) is 97.1 Å². The lowest BCUT2D eigenvalue weighted by Crippen LogP contribution is -1.92. The van der Waals surface area contributed by atoms with Crippen molar-refractivity contribution in [1.29, 1.82) is 0 Å². The van der Waals surface area contributed by atoms with E-state index in [9.17, 15) is 0 Å².